The number of aliphatic hydroxyl groups is 1. The summed E-state index contributed by atoms with van der Waals surface area (Å²) in [5, 5.41) is 13.1. The standard InChI is InChI=1S/C22H18ClNO4S2/c1-14-4-10-18(11-5-14)30(27,28)21-19(15-6-8-16(23)9-7-15)24(22(26)20(21)25)13-17-3-2-12-29-17/h2-12,19,25H,13H2,1H3. The Balaban J connectivity index is 1.86. The van der Waals surface area contributed by atoms with Crippen molar-refractivity contribution < 1.29 is 18.3 Å². The second-order valence-corrected chi connectivity index (χ2v) is 10.4. The monoisotopic (exact) mass is 459 g/mol. The molecule has 1 aliphatic heterocycles. The first-order valence-electron chi connectivity index (χ1n) is 9.13. The topological polar surface area (TPSA) is 74.7 Å². The molecule has 1 N–H and O–H groups in total. The minimum Gasteiger partial charge on any atom is -0.502 e. The molecule has 1 aliphatic rings. The first kappa shape index (κ1) is 20.7. The second kappa shape index (κ2) is 7.91. The van der Waals surface area contributed by atoms with E-state index < -0.39 is 27.5 Å². The minimum atomic E-state index is -4.12. The average molecular weight is 460 g/mol. The molecule has 0 aliphatic carbocycles. The molecular weight excluding hydrogens is 442 g/mol. The van der Waals surface area contributed by atoms with Crippen LogP contribution in [0.15, 0.2) is 81.6 Å². The zero-order valence-corrected chi connectivity index (χ0v) is 18.3. The number of amides is 1. The van der Waals surface area contributed by atoms with Crippen molar-refractivity contribution >= 4 is 38.7 Å². The number of aryl methyl sites for hydroxylation is 1. The van der Waals surface area contributed by atoms with E-state index in [2.05, 4.69) is 0 Å². The Kier molecular flexibility index (Phi) is 5.44. The van der Waals surface area contributed by atoms with Gasteiger partial charge in [0.2, 0.25) is 9.84 Å². The predicted octanol–water partition coefficient (Wildman–Crippen LogP) is 5.04. The van der Waals surface area contributed by atoms with Crippen LogP contribution in [0.25, 0.3) is 0 Å². The highest BCUT2D eigenvalue weighted by Crippen LogP contribution is 2.43. The lowest BCUT2D eigenvalue weighted by molar-refractivity contribution is -0.130. The molecule has 154 valence electrons. The third-order valence-electron chi connectivity index (χ3n) is 4.97. The zero-order chi connectivity index (χ0) is 21.5. The van der Waals surface area contributed by atoms with E-state index in [1.165, 1.54) is 28.4 Å². The molecular formula is C22H18ClNO4S2. The van der Waals surface area contributed by atoms with E-state index in [9.17, 15) is 18.3 Å². The maximum Gasteiger partial charge on any atom is 0.290 e. The number of benzene rings is 2. The van der Waals surface area contributed by atoms with Gasteiger partial charge in [-0.25, -0.2) is 8.42 Å². The van der Waals surface area contributed by atoms with Gasteiger partial charge >= 0.3 is 0 Å². The van der Waals surface area contributed by atoms with Crippen LogP contribution in [0.1, 0.15) is 22.0 Å². The zero-order valence-electron chi connectivity index (χ0n) is 15.9. The van der Waals surface area contributed by atoms with Gasteiger partial charge in [-0.1, -0.05) is 47.5 Å². The summed E-state index contributed by atoms with van der Waals surface area (Å²) in [4.78, 5) is 14.9. The summed E-state index contributed by atoms with van der Waals surface area (Å²) in [7, 11) is -4.12. The molecule has 30 heavy (non-hydrogen) atoms. The summed E-state index contributed by atoms with van der Waals surface area (Å²) in [5.41, 5.74) is 1.46. The summed E-state index contributed by atoms with van der Waals surface area (Å²) < 4.78 is 27.0. The van der Waals surface area contributed by atoms with E-state index >= 15 is 0 Å². The highest BCUT2D eigenvalue weighted by molar-refractivity contribution is 7.95. The van der Waals surface area contributed by atoms with Gasteiger partial charge in [0.15, 0.2) is 5.76 Å². The van der Waals surface area contributed by atoms with Gasteiger partial charge < -0.3 is 10.0 Å². The lowest BCUT2D eigenvalue weighted by Gasteiger charge is -2.26. The third kappa shape index (κ3) is 3.64. The number of hydrogen-bond donors (Lipinski definition) is 1. The van der Waals surface area contributed by atoms with E-state index in [0.29, 0.717) is 10.6 Å². The number of aliphatic hydroxyl groups excluding tert-OH is 1. The molecule has 1 amide bonds. The van der Waals surface area contributed by atoms with Crippen molar-refractivity contribution in [2.24, 2.45) is 0 Å². The largest absolute Gasteiger partial charge is 0.502 e. The molecule has 3 aromatic rings. The molecule has 0 spiro atoms. The highest BCUT2D eigenvalue weighted by atomic mass is 35.5. The number of carbonyl (C=O) groups excluding carboxylic acids is 1. The molecule has 0 saturated carbocycles. The van der Waals surface area contributed by atoms with Crippen molar-refractivity contribution in [2.75, 3.05) is 0 Å². The van der Waals surface area contributed by atoms with E-state index in [4.69, 9.17) is 11.6 Å². The van der Waals surface area contributed by atoms with Crippen molar-refractivity contribution in [3.63, 3.8) is 0 Å². The number of nitrogens with zero attached hydrogens (tertiary/aromatic N) is 1. The maximum atomic E-state index is 13.5. The van der Waals surface area contributed by atoms with Crippen LogP contribution >= 0.6 is 22.9 Å². The van der Waals surface area contributed by atoms with Crippen LogP contribution in [0.4, 0.5) is 0 Å². The Bertz CT molecular complexity index is 1220. The number of sulfone groups is 1. The van der Waals surface area contributed by atoms with Crippen molar-refractivity contribution in [3.8, 4) is 0 Å². The molecule has 1 atom stereocenters. The highest BCUT2D eigenvalue weighted by Gasteiger charge is 2.46. The van der Waals surface area contributed by atoms with Crippen LogP contribution in [0, 0.1) is 6.92 Å². The van der Waals surface area contributed by atoms with E-state index in [1.54, 1.807) is 36.4 Å². The molecule has 2 aromatic carbocycles. The van der Waals surface area contributed by atoms with Gasteiger partial charge in [-0.3, -0.25) is 4.79 Å². The minimum absolute atomic E-state index is 0.0272. The van der Waals surface area contributed by atoms with Gasteiger partial charge in [-0.05, 0) is 48.2 Å². The number of rotatable bonds is 5. The fourth-order valence-electron chi connectivity index (χ4n) is 3.46. The van der Waals surface area contributed by atoms with Crippen LogP contribution < -0.4 is 0 Å². The molecule has 8 heteroatoms. The summed E-state index contributed by atoms with van der Waals surface area (Å²) in [6, 6.07) is 15.7. The van der Waals surface area contributed by atoms with Crippen LogP contribution in [-0.2, 0) is 21.2 Å². The lowest BCUT2D eigenvalue weighted by atomic mass is 10.1. The van der Waals surface area contributed by atoms with E-state index in [-0.39, 0.29) is 16.3 Å². The number of thiophene rings is 1. The van der Waals surface area contributed by atoms with E-state index in [0.717, 1.165) is 10.4 Å². The van der Waals surface area contributed by atoms with Gasteiger partial charge in [0.1, 0.15) is 4.91 Å². The van der Waals surface area contributed by atoms with Crippen LogP contribution in [0.2, 0.25) is 5.02 Å². The van der Waals surface area contributed by atoms with Gasteiger partial charge in [0.25, 0.3) is 5.91 Å². The molecule has 0 saturated heterocycles. The molecule has 2 heterocycles. The van der Waals surface area contributed by atoms with E-state index in [1.807, 2.05) is 24.4 Å². The average Bonchev–Trinajstić information content (AvgIpc) is 3.31. The summed E-state index contributed by atoms with van der Waals surface area (Å²) in [6.45, 7) is 2.03. The smallest absolute Gasteiger partial charge is 0.290 e. The third-order valence-corrected chi connectivity index (χ3v) is 7.97. The summed E-state index contributed by atoms with van der Waals surface area (Å²) in [5.74, 6) is -1.46. The summed E-state index contributed by atoms with van der Waals surface area (Å²) in [6.07, 6.45) is 0. The fourth-order valence-corrected chi connectivity index (χ4v) is 5.93. The van der Waals surface area contributed by atoms with Crippen LogP contribution in [0.5, 0.6) is 0 Å². The second-order valence-electron chi connectivity index (χ2n) is 7.00. The Hall–Kier alpha value is -2.61. The molecule has 4 rings (SSSR count). The van der Waals surface area contributed by atoms with Crippen LogP contribution in [0.3, 0.4) is 0 Å². The van der Waals surface area contributed by atoms with Crippen molar-refractivity contribution in [3.05, 3.63) is 97.7 Å². The van der Waals surface area contributed by atoms with Crippen molar-refractivity contribution in [2.45, 2.75) is 24.4 Å². The van der Waals surface area contributed by atoms with Crippen molar-refractivity contribution in [1.82, 2.24) is 4.90 Å². The molecule has 1 aromatic heterocycles. The van der Waals surface area contributed by atoms with Gasteiger partial charge in [-0.2, -0.15) is 0 Å². The number of carbonyl (C=O) groups is 1. The first-order valence-corrected chi connectivity index (χ1v) is 11.9. The number of hydrogen-bond acceptors (Lipinski definition) is 5. The number of halogens is 1. The Morgan fingerprint density at radius 1 is 1.07 bits per heavy atom. The fraction of sp³-hybridized carbons (Fsp3) is 0.136. The molecule has 0 fully saturated rings. The van der Waals surface area contributed by atoms with Crippen molar-refractivity contribution in [1.29, 1.82) is 0 Å². The Morgan fingerprint density at radius 3 is 2.33 bits per heavy atom. The SMILES string of the molecule is Cc1ccc(S(=O)(=O)C2=C(O)C(=O)N(Cc3cccs3)C2c2ccc(Cl)cc2)cc1. The Labute approximate surface area is 183 Å². The van der Waals surface area contributed by atoms with Gasteiger partial charge in [-0.15, -0.1) is 11.3 Å². The van der Waals surface area contributed by atoms with Crippen LogP contribution in [-0.4, -0.2) is 24.3 Å². The quantitative estimate of drug-likeness (QED) is 0.580. The molecule has 1 unspecified atom stereocenters. The normalized spacial score (nSPS) is 17.1. The molecule has 5 nitrogen and oxygen atoms in total. The molecule has 0 bridgehead atoms. The lowest BCUT2D eigenvalue weighted by Crippen LogP contribution is -2.30. The Morgan fingerprint density at radius 2 is 1.73 bits per heavy atom. The van der Waals surface area contributed by atoms with Gasteiger partial charge in [0.05, 0.1) is 17.5 Å². The summed E-state index contributed by atoms with van der Waals surface area (Å²) >= 11 is 7.46. The molecule has 0 radical (unpaired) electrons. The first-order chi connectivity index (χ1) is 14.3. The predicted molar refractivity (Wildman–Crippen MR) is 117 cm³/mol. The van der Waals surface area contributed by atoms with Gasteiger partial charge in [0, 0.05) is 9.90 Å². The maximum absolute atomic E-state index is 13.5.